The lowest BCUT2D eigenvalue weighted by atomic mass is 9.96. The predicted octanol–water partition coefficient (Wildman–Crippen LogP) is 3.10. The van der Waals surface area contributed by atoms with Gasteiger partial charge in [0.05, 0.1) is 30.5 Å². The summed E-state index contributed by atoms with van der Waals surface area (Å²) in [6.45, 7) is 8.16. The number of nitrogens with zero attached hydrogens (tertiary/aromatic N) is 4. The Hall–Kier alpha value is -3.49. The monoisotopic (exact) mass is 474 g/mol. The molecule has 1 atom stereocenters. The molecule has 0 radical (unpaired) electrons. The Labute approximate surface area is 204 Å². The van der Waals surface area contributed by atoms with Gasteiger partial charge in [-0.2, -0.15) is 0 Å². The second kappa shape index (κ2) is 9.64. The van der Waals surface area contributed by atoms with Crippen LogP contribution in [0.2, 0.25) is 0 Å². The van der Waals surface area contributed by atoms with E-state index in [1.54, 1.807) is 16.2 Å². The minimum absolute atomic E-state index is 0.110. The van der Waals surface area contributed by atoms with Gasteiger partial charge in [-0.15, -0.1) is 0 Å². The van der Waals surface area contributed by atoms with E-state index in [1.165, 1.54) is 0 Å². The van der Waals surface area contributed by atoms with Gasteiger partial charge < -0.3 is 14.7 Å². The highest BCUT2D eigenvalue weighted by atomic mass is 16.5. The number of rotatable bonds is 6. The summed E-state index contributed by atoms with van der Waals surface area (Å²) in [7, 11) is 0. The lowest BCUT2D eigenvalue weighted by molar-refractivity contribution is -0.140. The Bertz CT molecular complexity index is 1290. The molecule has 0 aliphatic carbocycles. The molecule has 3 aromatic rings. The third kappa shape index (κ3) is 4.24. The lowest BCUT2D eigenvalue weighted by Gasteiger charge is -2.29. The van der Waals surface area contributed by atoms with Gasteiger partial charge in [-0.3, -0.25) is 18.9 Å². The number of hydrogen-bond donors (Lipinski definition) is 1. The number of likely N-dealkylation sites (tertiary alicyclic amines) is 1. The first-order chi connectivity index (χ1) is 17.0. The maximum absolute atomic E-state index is 13.3. The van der Waals surface area contributed by atoms with Crippen molar-refractivity contribution in [3.8, 4) is 0 Å². The van der Waals surface area contributed by atoms with Crippen molar-refractivity contribution in [3.05, 3.63) is 76.7 Å². The number of benzene rings is 1. The maximum atomic E-state index is 13.3. The number of aryl methyl sites for hydroxylation is 2. The second-order valence-electron chi connectivity index (χ2n) is 9.14. The summed E-state index contributed by atoms with van der Waals surface area (Å²) >= 11 is 0. The molecule has 2 aromatic heterocycles. The average Bonchev–Trinajstić information content (AvgIpc) is 3.34. The average molecular weight is 475 g/mol. The van der Waals surface area contributed by atoms with Crippen molar-refractivity contribution in [2.45, 2.75) is 26.3 Å². The molecule has 0 saturated carbocycles. The molecule has 5 rings (SSSR count). The molecule has 1 N–H and O–H groups in total. The summed E-state index contributed by atoms with van der Waals surface area (Å²) in [5.41, 5.74) is 3.61. The molecular formula is C27H30N4O4. The number of pyridine rings is 1. The molecule has 2 saturated heterocycles. The smallest absolute Gasteiger partial charge is 0.295 e. The van der Waals surface area contributed by atoms with E-state index < -0.39 is 17.7 Å². The largest absolute Gasteiger partial charge is 0.505 e. The van der Waals surface area contributed by atoms with Gasteiger partial charge in [-0.25, -0.2) is 4.98 Å². The van der Waals surface area contributed by atoms with Crippen LogP contribution < -0.4 is 0 Å². The van der Waals surface area contributed by atoms with E-state index >= 15 is 0 Å². The lowest BCUT2D eigenvalue weighted by Crippen LogP contribution is -2.38. The summed E-state index contributed by atoms with van der Waals surface area (Å²) in [6.07, 6.45) is 2.54. The third-order valence-corrected chi connectivity index (χ3v) is 6.88. The first-order valence-electron chi connectivity index (χ1n) is 12.1. The molecule has 35 heavy (non-hydrogen) atoms. The minimum atomic E-state index is -0.662. The van der Waals surface area contributed by atoms with Crippen LogP contribution in [0.5, 0.6) is 0 Å². The molecule has 2 aliphatic heterocycles. The van der Waals surface area contributed by atoms with Gasteiger partial charge in [-0.05, 0) is 37.5 Å². The normalized spacial score (nSPS) is 20.7. The molecule has 2 fully saturated rings. The standard InChI is InChI=1S/C27H30N4O4/c1-18-8-6-12-30-22(19(2)28-26(18)30)24(32)21-23(20-9-4-3-5-10-20)31(27(34)25(21)33)13-7-11-29-14-16-35-17-15-29/h3-6,8-10,12,23,32H,7,11,13-17H2,1-2H3. The van der Waals surface area contributed by atoms with E-state index in [2.05, 4.69) is 9.88 Å². The summed E-state index contributed by atoms with van der Waals surface area (Å²) < 4.78 is 7.20. The number of hydrogen-bond acceptors (Lipinski definition) is 6. The van der Waals surface area contributed by atoms with Gasteiger partial charge in [0, 0.05) is 32.4 Å². The molecule has 0 spiro atoms. The van der Waals surface area contributed by atoms with Gasteiger partial charge in [0.1, 0.15) is 11.3 Å². The molecule has 1 unspecified atom stereocenters. The van der Waals surface area contributed by atoms with Gasteiger partial charge in [0.2, 0.25) is 0 Å². The Morgan fingerprint density at radius 2 is 1.80 bits per heavy atom. The van der Waals surface area contributed by atoms with Crippen molar-refractivity contribution < 1.29 is 19.4 Å². The number of imidazole rings is 1. The highest BCUT2D eigenvalue weighted by Gasteiger charge is 2.46. The molecule has 0 bridgehead atoms. The fourth-order valence-corrected chi connectivity index (χ4v) is 5.11. The number of aliphatic hydroxyl groups is 1. The molecule has 8 heteroatoms. The van der Waals surface area contributed by atoms with Crippen molar-refractivity contribution in [1.82, 2.24) is 19.2 Å². The third-order valence-electron chi connectivity index (χ3n) is 6.88. The van der Waals surface area contributed by atoms with Crippen LogP contribution in [0.3, 0.4) is 0 Å². The van der Waals surface area contributed by atoms with E-state index in [0.717, 1.165) is 37.2 Å². The van der Waals surface area contributed by atoms with Gasteiger partial charge in [-0.1, -0.05) is 36.4 Å². The predicted molar refractivity (Wildman–Crippen MR) is 132 cm³/mol. The SMILES string of the molecule is Cc1nc2c(C)cccn2c1C(O)=C1C(=O)C(=O)N(CCCN2CCOCC2)C1c1ccccc1. The number of ether oxygens (including phenoxy) is 1. The molecule has 2 aliphatic rings. The molecule has 1 amide bonds. The van der Waals surface area contributed by atoms with Crippen LogP contribution >= 0.6 is 0 Å². The van der Waals surface area contributed by atoms with Crippen LogP contribution in [-0.2, 0) is 14.3 Å². The number of amides is 1. The van der Waals surface area contributed by atoms with Crippen LogP contribution in [0.4, 0.5) is 0 Å². The Morgan fingerprint density at radius 3 is 2.54 bits per heavy atom. The highest BCUT2D eigenvalue weighted by Crippen LogP contribution is 2.40. The molecule has 182 valence electrons. The Kier molecular flexibility index (Phi) is 6.40. The molecule has 4 heterocycles. The van der Waals surface area contributed by atoms with E-state index in [-0.39, 0.29) is 11.3 Å². The highest BCUT2D eigenvalue weighted by molar-refractivity contribution is 6.46. The first-order valence-corrected chi connectivity index (χ1v) is 12.1. The second-order valence-corrected chi connectivity index (χ2v) is 9.14. The summed E-state index contributed by atoms with van der Waals surface area (Å²) in [5, 5.41) is 11.5. The fraction of sp³-hybridized carbons (Fsp3) is 0.370. The number of aliphatic hydroxyl groups excluding tert-OH is 1. The van der Waals surface area contributed by atoms with Crippen molar-refractivity contribution in [2.24, 2.45) is 0 Å². The van der Waals surface area contributed by atoms with Crippen molar-refractivity contribution >= 4 is 23.1 Å². The quantitative estimate of drug-likeness (QED) is 0.336. The zero-order valence-electron chi connectivity index (χ0n) is 20.1. The van der Waals surface area contributed by atoms with E-state index in [0.29, 0.717) is 36.8 Å². The molecular weight excluding hydrogens is 444 g/mol. The number of morpholine rings is 1. The summed E-state index contributed by atoms with van der Waals surface area (Å²) in [6, 6.07) is 12.6. The van der Waals surface area contributed by atoms with E-state index in [1.807, 2.05) is 55.6 Å². The summed E-state index contributed by atoms with van der Waals surface area (Å²) in [5.74, 6) is -1.43. The van der Waals surface area contributed by atoms with Crippen molar-refractivity contribution in [3.63, 3.8) is 0 Å². The molecule has 1 aromatic carbocycles. The van der Waals surface area contributed by atoms with Crippen LogP contribution in [0, 0.1) is 13.8 Å². The minimum Gasteiger partial charge on any atom is -0.505 e. The summed E-state index contributed by atoms with van der Waals surface area (Å²) in [4.78, 5) is 35.1. The van der Waals surface area contributed by atoms with Crippen LogP contribution in [0.15, 0.2) is 54.2 Å². The van der Waals surface area contributed by atoms with Gasteiger partial charge in [0.25, 0.3) is 11.7 Å². The number of carbonyl (C=O) groups is 2. The van der Waals surface area contributed by atoms with E-state index in [9.17, 15) is 14.7 Å². The Morgan fingerprint density at radius 1 is 1.06 bits per heavy atom. The van der Waals surface area contributed by atoms with Crippen molar-refractivity contribution in [1.29, 1.82) is 0 Å². The topological polar surface area (TPSA) is 87.4 Å². The number of ketones is 1. The fourth-order valence-electron chi connectivity index (χ4n) is 5.11. The van der Waals surface area contributed by atoms with Gasteiger partial charge >= 0.3 is 0 Å². The number of carbonyl (C=O) groups excluding carboxylic acids is 2. The number of fused-ring (bicyclic) bond motifs is 1. The van der Waals surface area contributed by atoms with Crippen molar-refractivity contribution in [2.75, 3.05) is 39.4 Å². The number of aromatic nitrogens is 2. The van der Waals surface area contributed by atoms with Gasteiger partial charge in [0.15, 0.2) is 5.76 Å². The first kappa shape index (κ1) is 23.3. The van der Waals surface area contributed by atoms with E-state index in [4.69, 9.17) is 4.74 Å². The van der Waals surface area contributed by atoms with Crippen LogP contribution in [0.1, 0.15) is 35.0 Å². The number of Topliss-reactive ketones (excluding diaryl/α,β-unsaturated/α-hetero) is 1. The van der Waals surface area contributed by atoms with Crippen LogP contribution in [0.25, 0.3) is 11.4 Å². The Balaban J connectivity index is 1.55. The molecule has 8 nitrogen and oxygen atoms in total. The zero-order chi connectivity index (χ0) is 24.5. The maximum Gasteiger partial charge on any atom is 0.295 e. The van der Waals surface area contributed by atoms with Crippen LogP contribution in [-0.4, -0.2) is 75.4 Å². The zero-order valence-corrected chi connectivity index (χ0v) is 20.1.